The number of hydrogen-bond acceptors (Lipinski definition) is 3. The summed E-state index contributed by atoms with van der Waals surface area (Å²) in [7, 11) is 0. The predicted molar refractivity (Wildman–Crippen MR) is 107 cm³/mol. The van der Waals surface area contributed by atoms with E-state index in [-0.39, 0.29) is 5.91 Å². The van der Waals surface area contributed by atoms with Crippen LogP contribution in [0.4, 0.5) is 5.69 Å². The normalized spacial score (nSPS) is 18.1. The molecule has 0 unspecified atom stereocenters. The maximum Gasteiger partial charge on any atom is 0.241 e. The zero-order chi connectivity index (χ0) is 18.2. The second-order valence-electron chi connectivity index (χ2n) is 7.61. The Morgan fingerprint density at radius 1 is 1.04 bits per heavy atom. The first-order valence-electron chi connectivity index (χ1n) is 9.83. The summed E-state index contributed by atoms with van der Waals surface area (Å²) in [5.74, 6) is 1.77. The van der Waals surface area contributed by atoms with Gasteiger partial charge in [-0.3, -0.25) is 9.69 Å². The van der Waals surface area contributed by atoms with Crippen molar-refractivity contribution in [1.82, 2.24) is 14.9 Å². The van der Waals surface area contributed by atoms with Gasteiger partial charge in [-0.05, 0) is 56.1 Å². The molecule has 3 aromatic rings. The number of nitrogens with one attached hydrogen (secondary N) is 1. The standard InChI is InChI=1S/C22H24N4O/c27-21(26-14-11-16-5-1-4-8-20(16)26)15-25-12-9-17(10-13-25)22-23-18-6-2-3-7-19(18)24-22/h1-8,17H,9-15H2,(H,23,24). The number of likely N-dealkylation sites (tertiary alicyclic amines) is 1. The molecule has 2 aliphatic heterocycles. The Hall–Kier alpha value is -2.66. The van der Waals surface area contributed by atoms with E-state index in [1.54, 1.807) is 0 Å². The Balaban J connectivity index is 1.20. The van der Waals surface area contributed by atoms with Crippen molar-refractivity contribution in [2.75, 3.05) is 31.1 Å². The van der Waals surface area contributed by atoms with Crippen molar-refractivity contribution in [3.8, 4) is 0 Å². The molecule has 27 heavy (non-hydrogen) atoms. The highest BCUT2D eigenvalue weighted by molar-refractivity contribution is 5.96. The molecule has 1 N–H and O–H groups in total. The fraction of sp³-hybridized carbons (Fsp3) is 0.364. The number of carbonyl (C=O) groups is 1. The number of fused-ring (bicyclic) bond motifs is 2. The lowest BCUT2D eigenvalue weighted by molar-refractivity contribution is -0.119. The first kappa shape index (κ1) is 16.5. The quantitative estimate of drug-likeness (QED) is 0.779. The first-order chi connectivity index (χ1) is 13.3. The molecule has 0 radical (unpaired) electrons. The highest BCUT2D eigenvalue weighted by Crippen LogP contribution is 2.29. The van der Waals surface area contributed by atoms with Gasteiger partial charge in [-0.2, -0.15) is 0 Å². The van der Waals surface area contributed by atoms with Gasteiger partial charge in [-0.25, -0.2) is 4.98 Å². The molecule has 0 aliphatic carbocycles. The lowest BCUT2D eigenvalue weighted by Crippen LogP contribution is -2.42. The zero-order valence-corrected chi connectivity index (χ0v) is 15.4. The molecular formula is C22H24N4O. The van der Waals surface area contributed by atoms with E-state index in [1.807, 2.05) is 23.1 Å². The SMILES string of the molecule is O=C(CN1CCC(c2nc3ccccc3[nH]2)CC1)N1CCc2ccccc21. The molecule has 3 heterocycles. The monoisotopic (exact) mass is 360 g/mol. The van der Waals surface area contributed by atoms with E-state index in [0.717, 1.165) is 61.4 Å². The molecule has 1 fully saturated rings. The van der Waals surface area contributed by atoms with Crippen molar-refractivity contribution in [3.63, 3.8) is 0 Å². The van der Waals surface area contributed by atoms with Crippen LogP contribution in [0.2, 0.25) is 0 Å². The third-order valence-electron chi connectivity index (χ3n) is 5.93. The van der Waals surface area contributed by atoms with Crippen LogP contribution in [0.15, 0.2) is 48.5 Å². The summed E-state index contributed by atoms with van der Waals surface area (Å²) in [6.45, 7) is 3.22. The van der Waals surface area contributed by atoms with Crippen molar-refractivity contribution in [2.45, 2.75) is 25.2 Å². The van der Waals surface area contributed by atoms with Gasteiger partial charge in [0.2, 0.25) is 5.91 Å². The van der Waals surface area contributed by atoms with Crippen LogP contribution in [0.25, 0.3) is 11.0 Å². The minimum atomic E-state index is 0.224. The number of para-hydroxylation sites is 3. The summed E-state index contributed by atoms with van der Waals surface area (Å²) in [5.41, 5.74) is 4.53. The van der Waals surface area contributed by atoms with Gasteiger partial charge in [-0.1, -0.05) is 30.3 Å². The van der Waals surface area contributed by atoms with Gasteiger partial charge in [0.25, 0.3) is 0 Å². The lowest BCUT2D eigenvalue weighted by atomic mass is 9.96. The Kier molecular flexibility index (Phi) is 4.17. The van der Waals surface area contributed by atoms with Crippen molar-refractivity contribution in [1.29, 1.82) is 0 Å². The van der Waals surface area contributed by atoms with E-state index < -0.39 is 0 Å². The van der Waals surface area contributed by atoms with Crippen molar-refractivity contribution in [2.24, 2.45) is 0 Å². The molecular weight excluding hydrogens is 336 g/mol. The Morgan fingerprint density at radius 3 is 2.67 bits per heavy atom. The molecule has 0 spiro atoms. The minimum Gasteiger partial charge on any atom is -0.342 e. The predicted octanol–water partition coefficient (Wildman–Crippen LogP) is 3.33. The van der Waals surface area contributed by atoms with Crippen LogP contribution in [0.1, 0.15) is 30.1 Å². The molecule has 138 valence electrons. The van der Waals surface area contributed by atoms with Gasteiger partial charge >= 0.3 is 0 Å². The maximum absolute atomic E-state index is 12.8. The average Bonchev–Trinajstić information content (AvgIpc) is 3.33. The fourth-order valence-corrected chi connectivity index (χ4v) is 4.40. The molecule has 0 saturated carbocycles. The van der Waals surface area contributed by atoms with E-state index in [1.165, 1.54) is 5.56 Å². The highest BCUT2D eigenvalue weighted by Gasteiger charge is 2.28. The summed E-state index contributed by atoms with van der Waals surface area (Å²) in [6.07, 6.45) is 3.06. The Morgan fingerprint density at radius 2 is 1.81 bits per heavy atom. The second kappa shape index (κ2) is 6.82. The number of H-pyrrole nitrogens is 1. The minimum absolute atomic E-state index is 0.224. The molecule has 0 atom stereocenters. The van der Waals surface area contributed by atoms with Gasteiger partial charge in [0, 0.05) is 18.2 Å². The van der Waals surface area contributed by atoms with Crippen LogP contribution < -0.4 is 4.90 Å². The zero-order valence-electron chi connectivity index (χ0n) is 15.4. The molecule has 0 bridgehead atoms. The third-order valence-corrected chi connectivity index (χ3v) is 5.93. The summed E-state index contributed by atoms with van der Waals surface area (Å²) < 4.78 is 0. The Bertz CT molecular complexity index is 938. The topological polar surface area (TPSA) is 52.2 Å². The summed E-state index contributed by atoms with van der Waals surface area (Å²) in [5, 5.41) is 0. The van der Waals surface area contributed by atoms with Crippen molar-refractivity contribution >= 4 is 22.6 Å². The lowest BCUT2D eigenvalue weighted by Gasteiger charge is -2.31. The number of anilines is 1. The number of benzene rings is 2. The number of aromatic amines is 1. The van der Waals surface area contributed by atoms with Crippen LogP contribution in [0.5, 0.6) is 0 Å². The average molecular weight is 360 g/mol. The number of hydrogen-bond donors (Lipinski definition) is 1. The number of amides is 1. The molecule has 1 saturated heterocycles. The summed E-state index contributed by atoms with van der Waals surface area (Å²) in [4.78, 5) is 25.3. The largest absolute Gasteiger partial charge is 0.342 e. The number of nitrogens with zero attached hydrogens (tertiary/aromatic N) is 3. The number of rotatable bonds is 3. The fourth-order valence-electron chi connectivity index (χ4n) is 4.40. The Labute approximate surface area is 159 Å². The second-order valence-corrected chi connectivity index (χ2v) is 7.61. The van der Waals surface area contributed by atoms with Crippen LogP contribution in [0, 0.1) is 0 Å². The summed E-state index contributed by atoms with van der Waals surface area (Å²) in [6, 6.07) is 16.5. The van der Waals surface area contributed by atoms with Crippen molar-refractivity contribution < 1.29 is 4.79 Å². The molecule has 5 nitrogen and oxygen atoms in total. The number of imidazole rings is 1. The van der Waals surface area contributed by atoms with E-state index in [2.05, 4.69) is 40.2 Å². The van der Waals surface area contributed by atoms with Crippen LogP contribution in [-0.4, -0.2) is 47.0 Å². The number of piperidine rings is 1. The maximum atomic E-state index is 12.8. The molecule has 1 amide bonds. The highest BCUT2D eigenvalue weighted by atomic mass is 16.2. The van der Waals surface area contributed by atoms with Crippen LogP contribution in [0.3, 0.4) is 0 Å². The van der Waals surface area contributed by atoms with E-state index in [9.17, 15) is 4.79 Å². The van der Waals surface area contributed by atoms with Crippen LogP contribution >= 0.6 is 0 Å². The van der Waals surface area contributed by atoms with E-state index in [4.69, 9.17) is 4.98 Å². The summed E-state index contributed by atoms with van der Waals surface area (Å²) >= 11 is 0. The number of aromatic nitrogens is 2. The van der Waals surface area contributed by atoms with Crippen LogP contribution in [-0.2, 0) is 11.2 Å². The molecule has 2 aromatic carbocycles. The first-order valence-corrected chi connectivity index (χ1v) is 9.83. The van der Waals surface area contributed by atoms with Gasteiger partial charge < -0.3 is 9.88 Å². The molecule has 5 heteroatoms. The molecule has 2 aliphatic rings. The van der Waals surface area contributed by atoms with E-state index in [0.29, 0.717) is 12.5 Å². The van der Waals surface area contributed by atoms with Crippen molar-refractivity contribution in [3.05, 3.63) is 59.9 Å². The van der Waals surface area contributed by atoms with Gasteiger partial charge in [0.1, 0.15) is 5.82 Å². The molecule has 5 rings (SSSR count). The van der Waals surface area contributed by atoms with Gasteiger partial charge in [-0.15, -0.1) is 0 Å². The van der Waals surface area contributed by atoms with Gasteiger partial charge in [0.15, 0.2) is 0 Å². The van der Waals surface area contributed by atoms with Gasteiger partial charge in [0.05, 0.1) is 17.6 Å². The number of carbonyl (C=O) groups excluding carboxylic acids is 1. The smallest absolute Gasteiger partial charge is 0.241 e. The van der Waals surface area contributed by atoms with E-state index >= 15 is 0 Å². The third kappa shape index (κ3) is 3.12. The molecule has 1 aromatic heterocycles.